The Balaban J connectivity index is 1.96. The summed E-state index contributed by atoms with van der Waals surface area (Å²) in [7, 11) is 1.81. The summed E-state index contributed by atoms with van der Waals surface area (Å²) in [6, 6.07) is 5.64. The van der Waals surface area contributed by atoms with Gasteiger partial charge < -0.3 is 9.88 Å². The van der Waals surface area contributed by atoms with E-state index in [0.717, 1.165) is 0 Å². The van der Waals surface area contributed by atoms with E-state index in [1.807, 2.05) is 7.05 Å². The molecule has 0 saturated heterocycles. The number of hydrogen-bond donors (Lipinski definition) is 1. The van der Waals surface area contributed by atoms with E-state index in [0.29, 0.717) is 10.8 Å². The van der Waals surface area contributed by atoms with Crippen molar-refractivity contribution in [3.05, 3.63) is 36.4 Å². The first-order valence-electron chi connectivity index (χ1n) is 5.63. The summed E-state index contributed by atoms with van der Waals surface area (Å²) in [6.07, 6.45) is 1.58. The highest BCUT2D eigenvalue weighted by Crippen LogP contribution is 2.21. The van der Waals surface area contributed by atoms with Crippen LogP contribution < -0.4 is 5.32 Å². The second-order valence-electron chi connectivity index (χ2n) is 3.98. The van der Waals surface area contributed by atoms with Crippen LogP contribution in [0.2, 0.25) is 0 Å². The number of hydrogen-bond acceptors (Lipinski definition) is 4. The van der Waals surface area contributed by atoms with Gasteiger partial charge in [-0.3, -0.25) is 4.79 Å². The zero-order valence-electron chi connectivity index (χ0n) is 10.5. The number of halogens is 1. The average molecular weight is 280 g/mol. The number of nitrogens with one attached hydrogen (secondary N) is 1. The maximum atomic E-state index is 12.7. The van der Waals surface area contributed by atoms with E-state index in [2.05, 4.69) is 15.5 Å². The van der Waals surface area contributed by atoms with Crippen molar-refractivity contribution in [2.24, 2.45) is 7.05 Å². The third-order valence-electron chi connectivity index (χ3n) is 2.43. The third-order valence-corrected chi connectivity index (χ3v) is 3.58. The van der Waals surface area contributed by atoms with Crippen molar-refractivity contribution in [3.8, 4) is 0 Å². The minimum Gasteiger partial charge on any atom is -0.325 e. The van der Waals surface area contributed by atoms with Crippen LogP contribution in [0.3, 0.4) is 0 Å². The number of thioether (sulfide) groups is 1. The second kappa shape index (κ2) is 5.83. The summed E-state index contributed by atoms with van der Waals surface area (Å²) < 4.78 is 14.5. The monoisotopic (exact) mass is 280 g/mol. The zero-order valence-corrected chi connectivity index (χ0v) is 11.3. The topological polar surface area (TPSA) is 59.8 Å². The molecule has 0 radical (unpaired) electrons. The molecule has 19 heavy (non-hydrogen) atoms. The Labute approximate surface area is 114 Å². The number of rotatable bonds is 4. The summed E-state index contributed by atoms with van der Waals surface area (Å²) in [5, 5.41) is 10.7. The van der Waals surface area contributed by atoms with Crippen molar-refractivity contribution in [1.29, 1.82) is 0 Å². The average Bonchev–Trinajstić information content (AvgIpc) is 2.78. The lowest BCUT2D eigenvalue weighted by molar-refractivity contribution is -0.115. The zero-order chi connectivity index (χ0) is 13.8. The molecule has 5 nitrogen and oxygen atoms in total. The first-order chi connectivity index (χ1) is 9.06. The van der Waals surface area contributed by atoms with Crippen LogP contribution in [0.1, 0.15) is 6.92 Å². The predicted molar refractivity (Wildman–Crippen MR) is 71.4 cm³/mol. The van der Waals surface area contributed by atoms with Crippen molar-refractivity contribution < 1.29 is 9.18 Å². The largest absolute Gasteiger partial charge is 0.325 e. The van der Waals surface area contributed by atoms with Crippen LogP contribution in [-0.2, 0) is 11.8 Å². The molecule has 1 unspecified atom stereocenters. The number of benzene rings is 1. The third kappa shape index (κ3) is 3.54. The molecule has 0 saturated carbocycles. The van der Waals surface area contributed by atoms with Gasteiger partial charge in [-0.25, -0.2) is 4.39 Å². The molecular formula is C12H13FN4OS. The molecule has 1 heterocycles. The maximum absolute atomic E-state index is 12.7. The van der Waals surface area contributed by atoms with E-state index in [9.17, 15) is 9.18 Å². The highest BCUT2D eigenvalue weighted by atomic mass is 32.2. The van der Waals surface area contributed by atoms with Crippen LogP contribution in [0.15, 0.2) is 35.7 Å². The Morgan fingerprint density at radius 3 is 2.68 bits per heavy atom. The fraction of sp³-hybridized carbons (Fsp3) is 0.250. The number of aromatic nitrogens is 3. The Kier molecular flexibility index (Phi) is 4.16. The summed E-state index contributed by atoms with van der Waals surface area (Å²) >= 11 is 1.31. The van der Waals surface area contributed by atoms with Gasteiger partial charge in [0.1, 0.15) is 12.1 Å². The summed E-state index contributed by atoms with van der Waals surface area (Å²) in [4.78, 5) is 12.0. The van der Waals surface area contributed by atoms with Crippen LogP contribution in [-0.4, -0.2) is 25.9 Å². The predicted octanol–water partition coefficient (Wildman–Crippen LogP) is 2.07. The fourth-order valence-electron chi connectivity index (χ4n) is 1.37. The van der Waals surface area contributed by atoms with E-state index in [4.69, 9.17) is 0 Å². The Bertz CT molecular complexity index is 569. The minimum absolute atomic E-state index is 0.167. The molecular weight excluding hydrogens is 267 g/mol. The quantitative estimate of drug-likeness (QED) is 0.871. The highest BCUT2D eigenvalue weighted by molar-refractivity contribution is 8.00. The molecule has 100 valence electrons. The van der Waals surface area contributed by atoms with E-state index >= 15 is 0 Å². The van der Waals surface area contributed by atoms with Gasteiger partial charge in [-0.2, -0.15) is 0 Å². The molecule has 0 aliphatic rings. The fourth-order valence-corrected chi connectivity index (χ4v) is 2.16. The van der Waals surface area contributed by atoms with Gasteiger partial charge in [-0.05, 0) is 31.2 Å². The Hall–Kier alpha value is -1.89. The lowest BCUT2D eigenvalue weighted by Crippen LogP contribution is -2.22. The molecule has 1 atom stereocenters. The van der Waals surface area contributed by atoms with E-state index in [1.54, 1.807) is 17.8 Å². The molecule has 1 aromatic carbocycles. The summed E-state index contributed by atoms with van der Waals surface area (Å²) in [6.45, 7) is 1.78. The van der Waals surface area contributed by atoms with Crippen LogP contribution in [0.5, 0.6) is 0 Å². The van der Waals surface area contributed by atoms with Gasteiger partial charge in [0, 0.05) is 12.7 Å². The number of nitrogens with zero attached hydrogens (tertiary/aromatic N) is 3. The van der Waals surface area contributed by atoms with Crippen LogP contribution in [0, 0.1) is 5.82 Å². The van der Waals surface area contributed by atoms with E-state index in [-0.39, 0.29) is 17.0 Å². The normalized spacial score (nSPS) is 12.2. The number of carbonyl (C=O) groups is 1. The molecule has 2 aromatic rings. The van der Waals surface area contributed by atoms with Crippen molar-refractivity contribution in [3.63, 3.8) is 0 Å². The van der Waals surface area contributed by atoms with E-state index in [1.165, 1.54) is 36.0 Å². The van der Waals surface area contributed by atoms with Gasteiger partial charge in [0.2, 0.25) is 5.91 Å². The van der Waals surface area contributed by atoms with Gasteiger partial charge in [0.25, 0.3) is 0 Å². The maximum Gasteiger partial charge on any atom is 0.237 e. The van der Waals surface area contributed by atoms with Gasteiger partial charge in [-0.15, -0.1) is 10.2 Å². The number of amides is 1. The molecule has 0 aliphatic carbocycles. The molecule has 0 spiro atoms. The Morgan fingerprint density at radius 1 is 1.42 bits per heavy atom. The standard InChI is InChI=1S/C12H13FN4OS/c1-8(19-12-16-14-7-17(12)2)11(18)15-10-5-3-9(13)4-6-10/h3-8H,1-2H3,(H,15,18). The van der Waals surface area contributed by atoms with Crippen LogP contribution >= 0.6 is 11.8 Å². The lowest BCUT2D eigenvalue weighted by atomic mass is 10.3. The molecule has 2 rings (SSSR count). The van der Waals surface area contributed by atoms with Gasteiger partial charge in [0.05, 0.1) is 5.25 Å². The van der Waals surface area contributed by atoms with Gasteiger partial charge >= 0.3 is 0 Å². The van der Waals surface area contributed by atoms with Crippen LogP contribution in [0.4, 0.5) is 10.1 Å². The number of carbonyl (C=O) groups excluding carboxylic acids is 1. The second-order valence-corrected chi connectivity index (χ2v) is 5.29. The number of aryl methyl sites for hydroxylation is 1. The summed E-state index contributed by atoms with van der Waals surface area (Å²) in [5.74, 6) is -0.501. The van der Waals surface area contributed by atoms with Gasteiger partial charge in [-0.1, -0.05) is 11.8 Å². The molecule has 1 aromatic heterocycles. The minimum atomic E-state index is -0.334. The van der Waals surface area contributed by atoms with Crippen molar-refractivity contribution in [1.82, 2.24) is 14.8 Å². The van der Waals surface area contributed by atoms with Crippen molar-refractivity contribution in [2.45, 2.75) is 17.3 Å². The Morgan fingerprint density at radius 2 is 2.11 bits per heavy atom. The van der Waals surface area contributed by atoms with Gasteiger partial charge in [0.15, 0.2) is 5.16 Å². The molecule has 7 heteroatoms. The highest BCUT2D eigenvalue weighted by Gasteiger charge is 2.17. The first-order valence-corrected chi connectivity index (χ1v) is 6.51. The van der Waals surface area contributed by atoms with E-state index < -0.39 is 0 Å². The molecule has 0 bridgehead atoms. The molecule has 0 aliphatic heterocycles. The molecule has 1 N–H and O–H groups in total. The lowest BCUT2D eigenvalue weighted by Gasteiger charge is -2.11. The first kappa shape index (κ1) is 13.5. The summed E-state index contributed by atoms with van der Waals surface area (Å²) in [5.41, 5.74) is 0.566. The van der Waals surface area contributed by atoms with Crippen molar-refractivity contribution >= 4 is 23.4 Å². The molecule has 1 amide bonds. The number of anilines is 1. The van der Waals surface area contributed by atoms with Crippen LogP contribution in [0.25, 0.3) is 0 Å². The SMILES string of the molecule is CC(Sc1nncn1C)C(=O)Nc1ccc(F)cc1. The smallest absolute Gasteiger partial charge is 0.237 e. The van der Waals surface area contributed by atoms with Crippen molar-refractivity contribution in [2.75, 3.05) is 5.32 Å². The molecule has 0 fully saturated rings.